The molecule has 2 heterocycles. The number of carbonyl (C=O) groups is 4. The number of piperazine rings is 1. The van der Waals surface area contributed by atoms with E-state index in [2.05, 4.69) is 10.6 Å². The number of anilines is 1. The number of nitrogens with one attached hydrogen (secondary N) is 2. The molecule has 14 nitrogen and oxygen atoms in total. The van der Waals surface area contributed by atoms with Crippen molar-refractivity contribution in [3.63, 3.8) is 0 Å². The molecule has 1 saturated carbocycles. The van der Waals surface area contributed by atoms with E-state index in [4.69, 9.17) is 18.9 Å². The zero-order chi connectivity index (χ0) is 37.8. The number of rotatable bonds is 11. The number of ether oxygens (including phenoxy) is 4. The van der Waals surface area contributed by atoms with Crippen LogP contribution in [0, 0.1) is 5.82 Å². The first-order valence-electron chi connectivity index (χ1n) is 17.4. The minimum atomic E-state index is -0.903. The van der Waals surface area contributed by atoms with Crippen molar-refractivity contribution in [3.05, 3.63) is 33.9 Å². The number of alkyl carbamates (subject to hydrolysis) is 2. The number of pyridine rings is 1. The molecule has 1 aliphatic carbocycles. The van der Waals surface area contributed by atoms with Crippen LogP contribution >= 0.6 is 0 Å². The van der Waals surface area contributed by atoms with Crippen LogP contribution in [0.2, 0.25) is 0 Å². The number of esters is 1. The Morgan fingerprint density at radius 1 is 0.980 bits per heavy atom. The van der Waals surface area contributed by atoms with Gasteiger partial charge in [-0.2, -0.15) is 0 Å². The standard InChI is InChI=1S/C36H52FN5O9/c1-21-19-40(28-25(37)18-23-27(30(28)48-8)42(22-13-14-22)20-24(29(23)43)32(45)49-9)16-17-41(21)31(44)26(39-34(47)51-36(5,6)7)12-10-11-15-38-33(46)50-35(2,3)4/h18,20-22,26H,10-17,19H2,1-9H3,(H,38,46)(H,39,47). The lowest BCUT2D eigenvalue weighted by molar-refractivity contribution is -0.136. The van der Waals surface area contributed by atoms with Gasteiger partial charge in [0.2, 0.25) is 11.3 Å². The fourth-order valence-electron chi connectivity index (χ4n) is 6.20. The largest absolute Gasteiger partial charge is 0.492 e. The minimum Gasteiger partial charge on any atom is -0.492 e. The normalized spacial score (nSPS) is 17.1. The van der Waals surface area contributed by atoms with Gasteiger partial charge in [0.25, 0.3) is 0 Å². The number of unbranched alkanes of at least 4 members (excludes halogenated alkanes) is 1. The quantitative estimate of drug-likeness (QED) is 0.186. The van der Waals surface area contributed by atoms with E-state index in [-0.39, 0.29) is 54.0 Å². The van der Waals surface area contributed by atoms with Gasteiger partial charge in [-0.1, -0.05) is 0 Å². The Hall–Kier alpha value is -4.56. The van der Waals surface area contributed by atoms with Crippen LogP contribution in [0.15, 0.2) is 17.1 Å². The summed E-state index contributed by atoms with van der Waals surface area (Å²) in [7, 11) is 2.60. The number of methoxy groups -OCH3 is 2. The first-order chi connectivity index (χ1) is 23.8. The van der Waals surface area contributed by atoms with Gasteiger partial charge < -0.3 is 43.9 Å². The summed E-state index contributed by atoms with van der Waals surface area (Å²) in [5, 5.41) is 5.45. The van der Waals surface area contributed by atoms with Crippen LogP contribution < -0.4 is 25.7 Å². The highest BCUT2D eigenvalue weighted by Crippen LogP contribution is 2.44. The maximum absolute atomic E-state index is 16.1. The van der Waals surface area contributed by atoms with Gasteiger partial charge in [-0.05, 0) is 86.6 Å². The Morgan fingerprint density at radius 2 is 1.63 bits per heavy atom. The average molecular weight is 718 g/mol. The van der Waals surface area contributed by atoms with E-state index >= 15 is 4.39 Å². The van der Waals surface area contributed by atoms with Crippen molar-refractivity contribution < 1.29 is 42.5 Å². The fourth-order valence-corrected chi connectivity index (χ4v) is 6.20. The van der Waals surface area contributed by atoms with Crippen molar-refractivity contribution in [2.45, 2.75) is 110 Å². The van der Waals surface area contributed by atoms with E-state index in [1.54, 1.807) is 55.9 Å². The molecule has 1 aromatic heterocycles. The van der Waals surface area contributed by atoms with Gasteiger partial charge >= 0.3 is 18.2 Å². The summed E-state index contributed by atoms with van der Waals surface area (Å²) in [4.78, 5) is 68.0. The number of hydrogen-bond donors (Lipinski definition) is 2. The SMILES string of the molecule is COC(=O)c1cn(C2CC2)c2c(OC)c(N3CCN(C(=O)C(CCCCNC(=O)OC(C)(C)C)NC(=O)OC(C)(C)C)C(C)C3)c(F)cc2c1=O. The molecule has 1 aromatic carbocycles. The summed E-state index contributed by atoms with van der Waals surface area (Å²) < 4.78 is 39.2. The third-order valence-corrected chi connectivity index (χ3v) is 8.55. The third kappa shape index (κ3) is 9.82. The van der Waals surface area contributed by atoms with Crippen LogP contribution in [0.5, 0.6) is 5.75 Å². The molecule has 0 radical (unpaired) electrons. The molecular weight excluding hydrogens is 665 g/mol. The maximum atomic E-state index is 16.1. The van der Waals surface area contributed by atoms with Gasteiger partial charge in [0.05, 0.1) is 25.1 Å². The lowest BCUT2D eigenvalue weighted by atomic mass is 10.0. The Kier molecular flexibility index (Phi) is 12.1. The lowest BCUT2D eigenvalue weighted by Gasteiger charge is -2.42. The fraction of sp³-hybridized carbons (Fsp3) is 0.639. The molecular formula is C36H52FN5O9. The number of hydrogen-bond acceptors (Lipinski definition) is 10. The van der Waals surface area contributed by atoms with Gasteiger partial charge in [-0.25, -0.2) is 18.8 Å². The number of fused-ring (bicyclic) bond motifs is 1. The van der Waals surface area contributed by atoms with Crippen LogP contribution in [0.1, 0.15) is 97.0 Å². The average Bonchev–Trinajstić information content (AvgIpc) is 3.87. The summed E-state index contributed by atoms with van der Waals surface area (Å²) in [6, 6.07) is -0.157. The Bertz CT molecular complexity index is 1690. The molecule has 51 heavy (non-hydrogen) atoms. The second kappa shape index (κ2) is 15.8. The van der Waals surface area contributed by atoms with E-state index in [1.165, 1.54) is 20.4 Å². The predicted octanol–water partition coefficient (Wildman–Crippen LogP) is 4.90. The summed E-state index contributed by atoms with van der Waals surface area (Å²) in [5.41, 5.74) is -1.68. The molecule has 2 N–H and O–H groups in total. The molecule has 0 spiro atoms. The summed E-state index contributed by atoms with van der Waals surface area (Å²) >= 11 is 0. The molecule has 0 bridgehead atoms. The topological polar surface area (TPSA) is 158 Å². The third-order valence-electron chi connectivity index (χ3n) is 8.55. The molecule has 4 rings (SSSR count). The number of nitrogens with zero attached hydrogens (tertiary/aromatic N) is 3. The van der Waals surface area contributed by atoms with Crippen molar-refractivity contribution in [1.82, 2.24) is 20.1 Å². The van der Waals surface area contributed by atoms with Gasteiger partial charge in [0, 0.05) is 44.5 Å². The van der Waals surface area contributed by atoms with Gasteiger partial charge in [0.15, 0.2) is 11.6 Å². The van der Waals surface area contributed by atoms with Crippen molar-refractivity contribution in [1.29, 1.82) is 0 Å². The highest BCUT2D eigenvalue weighted by atomic mass is 19.1. The van der Waals surface area contributed by atoms with E-state index in [9.17, 15) is 24.0 Å². The molecule has 2 atom stereocenters. The number of aromatic nitrogens is 1. The summed E-state index contributed by atoms with van der Waals surface area (Å²) in [6.45, 7) is 13.4. The second-order valence-corrected chi connectivity index (χ2v) is 15.1. The molecule has 2 aromatic rings. The highest BCUT2D eigenvalue weighted by Gasteiger charge is 2.37. The lowest BCUT2D eigenvalue weighted by Crippen LogP contribution is -2.59. The Balaban J connectivity index is 1.54. The van der Waals surface area contributed by atoms with Crippen molar-refractivity contribution >= 4 is 40.7 Å². The van der Waals surface area contributed by atoms with E-state index in [1.807, 2.05) is 6.92 Å². The molecule has 282 valence electrons. The molecule has 2 aliphatic rings. The zero-order valence-corrected chi connectivity index (χ0v) is 31.1. The molecule has 2 unspecified atom stereocenters. The van der Waals surface area contributed by atoms with E-state index < -0.39 is 52.7 Å². The van der Waals surface area contributed by atoms with Gasteiger partial charge in [0.1, 0.15) is 28.5 Å². The van der Waals surface area contributed by atoms with E-state index in [0.29, 0.717) is 31.3 Å². The van der Waals surface area contributed by atoms with Gasteiger partial charge in [-0.15, -0.1) is 0 Å². The number of carbonyl (C=O) groups excluding carboxylic acids is 4. The number of benzene rings is 1. The molecule has 3 amide bonds. The molecule has 2 fully saturated rings. The first kappa shape index (κ1) is 39.2. The van der Waals surface area contributed by atoms with Crippen LogP contribution in [-0.2, 0) is 19.0 Å². The van der Waals surface area contributed by atoms with Crippen molar-refractivity contribution in [2.24, 2.45) is 0 Å². The summed E-state index contributed by atoms with van der Waals surface area (Å²) in [6.07, 6.45) is 3.19. The molecule has 1 aliphatic heterocycles. The first-order valence-corrected chi connectivity index (χ1v) is 17.4. The smallest absolute Gasteiger partial charge is 0.408 e. The van der Waals surface area contributed by atoms with Gasteiger partial charge in [-0.3, -0.25) is 9.59 Å². The van der Waals surface area contributed by atoms with Crippen molar-refractivity contribution in [3.8, 4) is 5.75 Å². The van der Waals surface area contributed by atoms with Crippen LogP contribution in [0.25, 0.3) is 10.9 Å². The Morgan fingerprint density at radius 3 is 2.20 bits per heavy atom. The zero-order valence-electron chi connectivity index (χ0n) is 31.1. The minimum absolute atomic E-state index is 0.0135. The monoisotopic (exact) mass is 717 g/mol. The maximum Gasteiger partial charge on any atom is 0.408 e. The summed E-state index contributed by atoms with van der Waals surface area (Å²) in [5.74, 6) is -1.64. The van der Waals surface area contributed by atoms with E-state index in [0.717, 1.165) is 18.9 Å². The number of halogens is 1. The van der Waals surface area contributed by atoms with Crippen LogP contribution in [0.4, 0.5) is 19.7 Å². The second-order valence-electron chi connectivity index (χ2n) is 15.1. The predicted molar refractivity (Wildman–Crippen MR) is 189 cm³/mol. The molecule has 1 saturated heterocycles. The molecule has 15 heteroatoms. The Labute approximate surface area is 297 Å². The van der Waals surface area contributed by atoms with Crippen LogP contribution in [-0.4, -0.2) is 97.2 Å². The highest BCUT2D eigenvalue weighted by molar-refractivity contribution is 5.98. The van der Waals surface area contributed by atoms with Crippen LogP contribution in [0.3, 0.4) is 0 Å². The number of amides is 3. The van der Waals surface area contributed by atoms with Crippen molar-refractivity contribution in [2.75, 3.05) is 45.3 Å².